The van der Waals surface area contributed by atoms with Crippen LogP contribution in [0.25, 0.3) is 0 Å². The third-order valence-corrected chi connectivity index (χ3v) is 4.65. The first-order valence-corrected chi connectivity index (χ1v) is 8.64. The molecule has 1 aromatic carbocycles. The van der Waals surface area contributed by atoms with E-state index in [-0.39, 0.29) is 0 Å². The van der Waals surface area contributed by atoms with E-state index >= 15 is 0 Å². The first kappa shape index (κ1) is 15.6. The Morgan fingerprint density at radius 1 is 0.950 bits per heavy atom. The SMILES string of the molecule is CCCCCCCN1CCC(Cc2ccccc2)CC1. The summed E-state index contributed by atoms with van der Waals surface area (Å²) in [5, 5.41) is 0. The van der Waals surface area contributed by atoms with Gasteiger partial charge in [0.2, 0.25) is 0 Å². The Labute approximate surface area is 125 Å². The molecule has 0 bridgehead atoms. The van der Waals surface area contributed by atoms with Crippen molar-refractivity contribution in [2.45, 2.75) is 58.3 Å². The molecule has 1 heterocycles. The van der Waals surface area contributed by atoms with E-state index in [2.05, 4.69) is 42.2 Å². The lowest BCUT2D eigenvalue weighted by molar-refractivity contribution is 0.181. The Balaban J connectivity index is 1.58. The Morgan fingerprint density at radius 3 is 2.35 bits per heavy atom. The number of hydrogen-bond donors (Lipinski definition) is 0. The highest BCUT2D eigenvalue weighted by Gasteiger charge is 2.18. The summed E-state index contributed by atoms with van der Waals surface area (Å²) in [7, 11) is 0. The summed E-state index contributed by atoms with van der Waals surface area (Å²) < 4.78 is 0. The maximum atomic E-state index is 2.69. The quantitative estimate of drug-likeness (QED) is 0.608. The molecule has 0 radical (unpaired) electrons. The zero-order valence-corrected chi connectivity index (χ0v) is 13.2. The number of likely N-dealkylation sites (tertiary alicyclic amines) is 1. The third kappa shape index (κ3) is 5.66. The zero-order chi connectivity index (χ0) is 14.0. The fourth-order valence-electron chi connectivity index (χ4n) is 3.30. The van der Waals surface area contributed by atoms with Crippen LogP contribution in [0.4, 0.5) is 0 Å². The number of unbranched alkanes of at least 4 members (excludes halogenated alkanes) is 4. The van der Waals surface area contributed by atoms with E-state index in [9.17, 15) is 0 Å². The van der Waals surface area contributed by atoms with E-state index in [4.69, 9.17) is 0 Å². The van der Waals surface area contributed by atoms with Gasteiger partial charge in [0, 0.05) is 0 Å². The van der Waals surface area contributed by atoms with E-state index in [1.807, 2.05) is 0 Å². The number of hydrogen-bond acceptors (Lipinski definition) is 1. The monoisotopic (exact) mass is 273 g/mol. The molecule has 0 N–H and O–H groups in total. The molecule has 1 aromatic rings. The summed E-state index contributed by atoms with van der Waals surface area (Å²) in [5.74, 6) is 0.911. The van der Waals surface area contributed by atoms with Crippen molar-refractivity contribution < 1.29 is 0 Å². The summed E-state index contributed by atoms with van der Waals surface area (Å²) in [6, 6.07) is 11.0. The highest BCUT2D eigenvalue weighted by atomic mass is 15.1. The normalized spacial score (nSPS) is 17.4. The fraction of sp³-hybridized carbons (Fsp3) is 0.684. The van der Waals surface area contributed by atoms with Gasteiger partial charge in [0.15, 0.2) is 0 Å². The predicted octanol–water partition coefficient (Wildman–Crippen LogP) is 4.91. The number of rotatable bonds is 8. The summed E-state index contributed by atoms with van der Waals surface area (Å²) in [4.78, 5) is 2.69. The van der Waals surface area contributed by atoms with Crippen molar-refractivity contribution in [2.24, 2.45) is 5.92 Å². The summed E-state index contributed by atoms with van der Waals surface area (Å²) in [5.41, 5.74) is 1.52. The molecule has 0 amide bonds. The van der Waals surface area contributed by atoms with Gasteiger partial charge in [0.1, 0.15) is 0 Å². The van der Waals surface area contributed by atoms with E-state index in [0.29, 0.717) is 0 Å². The van der Waals surface area contributed by atoms with E-state index in [1.165, 1.54) is 76.6 Å². The lowest BCUT2D eigenvalue weighted by atomic mass is 9.90. The Bertz CT molecular complexity index is 338. The number of nitrogens with zero attached hydrogens (tertiary/aromatic N) is 1. The molecule has 0 aliphatic carbocycles. The van der Waals surface area contributed by atoms with Gasteiger partial charge in [-0.3, -0.25) is 0 Å². The maximum Gasteiger partial charge on any atom is -0.00160 e. The van der Waals surface area contributed by atoms with Crippen LogP contribution in [0.5, 0.6) is 0 Å². The second-order valence-electron chi connectivity index (χ2n) is 6.39. The van der Waals surface area contributed by atoms with Crippen molar-refractivity contribution in [3.8, 4) is 0 Å². The zero-order valence-electron chi connectivity index (χ0n) is 13.2. The van der Waals surface area contributed by atoms with Gasteiger partial charge in [-0.15, -0.1) is 0 Å². The topological polar surface area (TPSA) is 3.24 Å². The fourth-order valence-corrected chi connectivity index (χ4v) is 3.30. The van der Waals surface area contributed by atoms with Crippen molar-refractivity contribution in [1.29, 1.82) is 0 Å². The van der Waals surface area contributed by atoms with Crippen LogP contribution in [0.1, 0.15) is 57.4 Å². The molecular weight excluding hydrogens is 242 g/mol. The van der Waals surface area contributed by atoms with E-state index < -0.39 is 0 Å². The van der Waals surface area contributed by atoms with Gasteiger partial charge < -0.3 is 4.90 Å². The molecule has 0 spiro atoms. The van der Waals surface area contributed by atoms with Gasteiger partial charge in [-0.25, -0.2) is 0 Å². The molecule has 1 saturated heterocycles. The van der Waals surface area contributed by atoms with Crippen LogP contribution in [0, 0.1) is 5.92 Å². The molecule has 112 valence electrons. The average molecular weight is 273 g/mol. The molecule has 1 aliphatic rings. The van der Waals surface area contributed by atoms with Gasteiger partial charge >= 0.3 is 0 Å². The molecular formula is C19H31N. The molecule has 0 aromatic heterocycles. The minimum Gasteiger partial charge on any atom is -0.303 e. The predicted molar refractivity (Wildman–Crippen MR) is 88.1 cm³/mol. The summed E-state index contributed by atoms with van der Waals surface area (Å²) in [6.45, 7) is 6.27. The summed E-state index contributed by atoms with van der Waals surface area (Å²) >= 11 is 0. The molecule has 1 nitrogen and oxygen atoms in total. The second-order valence-corrected chi connectivity index (χ2v) is 6.39. The molecule has 0 saturated carbocycles. The Morgan fingerprint density at radius 2 is 1.65 bits per heavy atom. The van der Waals surface area contributed by atoms with Crippen LogP contribution in [-0.4, -0.2) is 24.5 Å². The standard InChI is InChI=1S/C19H31N/c1-2-3-4-5-9-14-20-15-12-19(13-16-20)17-18-10-7-6-8-11-18/h6-8,10-11,19H,2-5,9,12-17H2,1H3. The average Bonchev–Trinajstić information content (AvgIpc) is 2.50. The highest BCUT2D eigenvalue weighted by molar-refractivity contribution is 5.15. The van der Waals surface area contributed by atoms with Gasteiger partial charge in [-0.1, -0.05) is 62.9 Å². The van der Waals surface area contributed by atoms with Crippen LogP contribution in [0.3, 0.4) is 0 Å². The van der Waals surface area contributed by atoms with Gasteiger partial charge in [-0.2, -0.15) is 0 Å². The van der Waals surface area contributed by atoms with Crippen molar-refractivity contribution in [3.63, 3.8) is 0 Å². The third-order valence-electron chi connectivity index (χ3n) is 4.65. The molecule has 0 atom stereocenters. The van der Waals surface area contributed by atoms with Gasteiger partial charge in [0.25, 0.3) is 0 Å². The van der Waals surface area contributed by atoms with Crippen molar-refractivity contribution in [1.82, 2.24) is 4.90 Å². The van der Waals surface area contributed by atoms with Gasteiger partial charge in [-0.05, 0) is 56.8 Å². The first-order valence-electron chi connectivity index (χ1n) is 8.64. The van der Waals surface area contributed by atoms with Crippen LogP contribution < -0.4 is 0 Å². The van der Waals surface area contributed by atoms with Crippen LogP contribution in [-0.2, 0) is 6.42 Å². The largest absolute Gasteiger partial charge is 0.303 e. The molecule has 1 fully saturated rings. The van der Waals surface area contributed by atoms with Crippen LogP contribution >= 0.6 is 0 Å². The smallest absolute Gasteiger partial charge is 0.00160 e. The highest BCUT2D eigenvalue weighted by Crippen LogP contribution is 2.21. The minimum absolute atomic E-state index is 0.911. The maximum absolute atomic E-state index is 2.69. The molecule has 1 heteroatoms. The van der Waals surface area contributed by atoms with E-state index in [1.54, 1.807) is 0 Å². The van der Waals surface area contributed by atoms with E-state index in [0.717, 1.165) is 5.92 Å². The van der Waals surface area contributed by atoms with Crippen molar-refractivity contribution in [2.75, 3.05) is 19.6 Å². The van der Waals surface area contributed by atoms with Crippen LogP contribution in [0.2, 0.25) is 0 Å². The number of piperidine rings is 1. The molecule has 0 unspecified atom stereocenters. The van der Waals surface area contributed by atoms with Gasteiger partial charge in [0.05, 0.1) is 0 Å². The molecule has 20 heavy (non-hydrogen) atoms. The minimum atomic E-state index is 0.911. The Hall–Kier alpha value is -0.820. The lowest BCUT2D eigenvalue weighted by Crippen LogP contribution is -2.35. The lowest BCUT2D eigenvalue weighted by Gasteiger charge is -2.32. The summed E-state index contributed by atoms with van der Waals surface area (Å²) in [6.07, 6.45) is 11.1. The van der Waals surface area contributed by atoms with Crippen LogP contribution in [0.15, 0.2) is 30.3 Å². The Kier molecular flexibility index (Phi) is 7.14. The number of benzene rings is 1. The molecule has 1 aliphatic heterocycles. The second kappa shape index (κ2) is 9.18. The van der Waals surface area contributed by atoms with Crippen molar-refractivity contribution >= 4 is 0 Å². The van der Waals surface area contributed by atoms with Crippen molar-refractivity contribution in [3.05, 3.63) is 35.9 Å². The first-order chi connectivity index (χ1) is 9.88. The molecule has 2 rings (SSSR count).